The summed E-state index contributed by atoms with van der Waals surface area (Å²) in [6, 6.07) is 19.2. The van der Waals surface area contributed by atoms with Crippen molar-refractivity contribution in [2.45, 2.75) is 13.5 Å². The van der Waals surface area contributed by atoms with E-state index in [9.17, 15) is 0 Å². The highest BCUT2D eigenvalue weighted by Crippen LogP contribution is 2.30. The predicted molar refractivity (Wildman–Crippen MR) is 73.0 cm³/mol. The second kappa shape index (κ2) is 4.10. The lowest BCUT2D eigenvalue weighted by Gasteiger charge is -1.98. The van der Waals surface area contributed by atoms with Crippen molar-refractivity contribution >= 4 is 10.9 Å². The summed E-state index contributed by atoms with van der Waals surface area (Å²) < 4.78 is 2.30. The van der Waals surface area contributed by atoms with Crippen molar-refractivity contribution < 1.29 is 0 Å². The van der Waals surface area contributed by atoms with E-state index in [4.69, 9.17) is 0 Å². The monoisotopic (exact) mass is 221 g/mol. The summed E-state index contributed by atoms with van der Waals surface area (Å²) >= 11 is 0. The van der Waals surface area contributed by atoms with Gasteiger partial charge in [0.1, 0.15) is 0 Å². The zero-order valence-electron chi connectivity index (χ0n) is 9.93. The fourth-order valence-corrected chi connectivity index (χ4v) is 2.36. The van der Waals surface area contributed by atoms with E-state index in [0.717, 1.165) is 6.54 Å². The van der Waals surface area contributed by atoms with Gasteiger partial charge in [-0.25, -0.2) is 0 Å². The molecule has 0 aliphatic heterocycles. The van der Waals surface area contributed by atoms with Gasteiger partial charge in [-0.15, -0.1) is 0 Å². The molecule has 3 aromatic rings. The lowest BCUT2D eigenvalue weighted by molar-refractivity contribution is 0.798. The van der Waals surface area contributed by atoms with Gasteiger partial charge in [0.05, 0.1) is 0 Å². The Hall–Kier alpha value is -2.02. The summed E-state index contributed by atoms with van der Waals surface area (Å²) in [5, 5.41) is 1.33. The lowest BCUT2D eigenvalue weighted by Crippen LogP contribution is -1.89. The number of aryl methyl sites for hydroxylation is 1. The molecule has 0 amide bonds. The van der Waals surface area contributed by atoms with Crippen LogP contribution in [-0.4, -0.2) is 4.57 Å². The minimum Gasteiger partial charge on any atom is -0.347 e. The van der Waals surface area contributed by atoms with Crippen LogP contribution in [0.3, 0.4) is 0 Å². The molecular formula is C16H15N. The smallest absolute Gasteiger partial charge is 0.0486 e. The Morgan fingerprint density at radius 2 is 1.59 bits per heavy atom. The van der Waals surface area contributed by atoms with E-state index < -0.39 is 0 Å². The molecule has 1 aromatic heterocycles. The Bertz CT molecular complexity index is 635. The van der Waals surface area contributed by atoms with Crippen LogP contribution in [0.25, 0.3) is 22.0 Å². The van der Waals surface area contributed by atoms with Crippen molar-refractivity contribution in [1.29, 1.82) is 0 Å². The van der Waals surface area contributed by atoms with Gasteiger partial charge in [0.15, 0.2) is 0 Å². The van der Waals surface area contributed by atoms with E-state index in [1.54, 1.807) is 0 Å². The quantitative estimate of drug-likeness (QED) is 0.607. The first-order valence-corrected chi connectivity index (χ1v) is 6.03. The summed E-state index contributed by atoms with van der Waals surface area (Å²) in [6.07, 6.45) is 2.25. The van der Waals surface area contributed by atoms with Gasteiger partial charge in [-0.1, -0.05) is 48.5 Å². The van der Waals surface area contributed by atoms with Gasteiger partial charge in [0.25, 0.3) is 0 Å². The molecule has 0 aliphatic carbocycles. The number of rotatable bonds is 2. The molecule has 2 aromatic carbocycles. The van der Waals surface area contributed by atoms with E-state index >= 15 is 0 Å². The van der Waals surface area contributed by atoms with Crippen molar-refractivity contribution in [2.24, 2.45) is 0 Å². The molecule has 0 atom stereocenters. The molecule has 0 N–H and O–H groups in total. The zero-order valence-corrected chi connectivity index (χ0v) is 9.93. The van der Waals surface area contributed by atoms with Crippen LogP contribution in [0.4, 0.5) is 0 Å². The first-order valence-electron chi connectivity index (χ1n) is 6.03. The van der Waals surface area contributed by atoms with E-state index in [1.165, 1.54) is 22.0 Å². The molecule has 0 bridgehead atoms. The molecule has 84 valence electrons. The first-order chi connectivity index (χ1) is 8.40. The minimum absolute atomic E-state index is 1.01. The number of hydrogen-bond donors (Lipinski definition) is 0. The maximum absolute atomic E-state index is 2.30. The third-order valence-electron chi connectivity index (χ3n) is 3.21. The highest BCUT2D eigenvalue weighted by Gasteiger charge is 2.07. The molecule has 1 heteroatoms. The van der Waals surface area contributed by atoms with Crippen LogP contribution in [0, 0.1) is 0 Å². The highest BCUT2D eigenvalue weighted by atomic mass is 14.9. The molecule has 0 fully saturated rings. The van der Waals surface area contributed by atoms with Gasteiger partial charge in [0, 0.05) is 29.2 Å². The molecule has 3 rings (SSSR count). The maximum Gasteiger partial charge on any atom is 0.0486 e. The second-order valence-electron chi connectivity index (χ2n) is 4.21. The van der Waals surface area contributed by atoms with Crippen LogP contribution in [0.15, 0.2) is 60.8 Å². The molecule has 0 saturated carbocycles. The number of nitrogens with zero attached hydrogens (tertiary/aromatic N) is 1. The van der Waals surface area contributed by atoms with Gasteiger partial charge in [0.2, 0.25) is 0 Å². The second-order valence-corrected chi connectivity index (χ2v) is 4.21. The summed E-state index contributed by atoms with van der Waals surface area (Å²) in [4.78, 5) is 0. The predicted octanol–water partition coefficient (Wildman–Crippen LogP) is 4.33. The van der Waals surface area contributed by atoms with E-state index in [0.29, 0.717) is 0 Å². The Labute approximate surface area is 101 Å². The lowest BCUT2D eigenvalue weighted by atomic mass is 10.1. The van der Waals surface area contributed by atoms with Crippen LogP contribution in [0.2, 0.25) is 0 Å². The average Bonchev–Trinajstić information content (AvgIpc) is 2.78. The Balaban J connectivity index is 2.31. The number of fused-ring (bicyclic) bond motifs is 1. The number of hydrogen-bond acceptors (Lipinski definition) is 0. The molecule has 0 aliphatic rings. The number of aromatic nitrogens is 1. The van der Waals surface area contributed by atoms with Crippen LogP contribution in [-0.2, 0) is 6.54 Å². The molecular weight excluding hydrogens is 206 g/mol. The van der Waals surface area contributed by atoms with Crippen molar-refractivity contribution in [3.8, 4) is 11.1 Å². The van der Waals surface area contributed by atoms with E-state index in [1.807, 2.05) is 0 Å². The van der Waals surface area contributed by atoms with Crippen LogP contribution < -0.4 is 0 Å². The Morgan fingerprint density at radius 1 is 0.882 bits per heavy atom. The summed E-state index contributed by atoms with van der Waals surface area (Å²) in [6.45, 7) is 3.19. The van der Waals surface area contributed by atoms with Gasteiger partial charge >= 0.3 is 0 Å². The van der Waals surface area contributed by atoms with Crippen molar-refractivity contribution in [1.82, 2.24) is 4.57 Å². The topological polar surface area (TPSA) is 4.93 Å². The van der Waals surface area contributed by atoms with E-state index in [-0.39, 0.29) is 0 Å². The molecule has 17 heavy (non-hydrogen) atoms. The van der Waals surface area contributed by atoms with Gasteiger partial charge in [-0.3, -0.25) is 0 Å². The highest BCUT2D eigenvalue weighted by molar-refractivity contribution is 5.96. The Kier molecular flexibility index (Phi) is 2.45. The van der Waals surface area contributed by atoms with Gasteiger partial charge in [-0.05, 0) is 18.6 Å². The largest absolute Gasteiger partial charge is 0.347 e. The normalized spacial score (nSPS) is 10.9. The molecule has 0 saturated heterocycles. The van der Waals surface area contributed by atoms with Gasteiger partial charge < -0.3 is 4.57 Å². The molecule has 0 unspecified atom stereocenters. The molecule has 0 spiro atoms. The summed E-state index contributed by atoms with van der Waals surface area (Å²) in [5.74, 6) is 0. The van der Waals surface area contributed by atoms with Crippen molar-refractivity contribution in [2.75, 3.05) is 0 Å². The molecule has 1 nitrogen and oxygen atoms in total. The third-order valence-corrected chi connectivity index (χ3v) is 3.21. The number of para-hydroxylation sites is 1. The van der Waals surface area contributed by atoms with Crippen LogP contribution in [0.1, 0.15) is 6.92 Å². The zero-order chi connectivity index (χ0) is 11.7. The van der Waals surface area contributed by atoms with Crippen LogP contribution in [0.5, 0.6) is 0 Å². The fraction of sp³-hybridized carbons (Fsp3) is 0.125. The maximum atomic E-state index is 2.30. The van der Waals surface area contributed by atoms with E-state index in [2.05, 4.69) is 72.3 Å². The SMILES string of the molecule is CCn1cc(-c2ccccc2)c2ccccc21. The summed E-state index contributed by atoms with van der Waals surface area (Å²) in [7, 11) is 0. The fourth-order valence-electron chi connectivity index (χ4n) is 2.36. The van der Waals surface area contributed by atoms with Crippen molar-refractivity contribution in [3.05, 3.63) is 60.8 Å². The first kappa shape index (κ1) is 10.2. The Morgan fingerprint density at radius 3 is 2.35 bits per heavy atom. The summed E-state index contributed by atoms with van der Waals surface area (Å²) in [5.41, 5.74) is 3.92. The molecule has 1 heterocycles. The van der Waals surface area contributed by atoms with Crippen LogP contribution >= 0.6 is 0 Å². The standard InChI is InChI=1S/C16H15N/c1-2-17-12-15(13-8-4-3-5-9-13)14-10-6-7-11-16(14)17/h3-12H,2H2,1H3. The van der Waals surface area contributed by atoms with Gasteiger partial charge in [-0.2, -0.15) is 0 Å². The average molecular weight is 221 g/mol. The van der Waals surface area contributed by atoms with Crippen molar-refractivity contribution in [3.63, 3.8) is 0 Å². The number of benzene rings is 2. The third kappa shape index (κ3) is 1.64. The molecule has 0 radical (unpaired) electrons. The minimum atomic E-state index is 1.01.